The summed E-state index contributed by atoms with van der Waals surface area (Å²) in [5.41, 5.74) is 5.67. The standard InChI is InChI=1S/C18H26N4O3/c1-17(2,3)25-16(24)22-9-8-21(12-18(22)6-7-18)15(23)10-13-4-5-14(19)20-11-13/h4-5,11H,6-10,12H2,1-3H3,(H2,19,20). The number of rotatable bonds is 2. The number of anilines is 1. The number of nitrogens with zero attached hydrogens (tertiary/aromatic N) is 3. The van der Waals surface area contributed by atoms with Crippen molar-refractivity contribution in [3.05, 3.63) is 23.9 Å². The first-order valence-corrected chi connectivity index (χ1v) is 8.67. The Morgan fingerprint density at radius 2 is 2.00 bits per heavy atom. The highest BCUT2D eigenvalue weighted by Crippen LogP contribution is 2.44. The topological polar surface area (TPSA) is 88.8 Å². The Labute approximate surface area is 148 Å². The van der Waals surface area contributed by atoms with Gasteiger partial charge >= 0.3 is 6.09 Å². The first-order chi connectivity index (χ1) is 11.7. The van der Waals surface area contributed by atoms with Gasteiger partial charge in [-0.1, -0.05) is 6.07 Å². The van der Waals surface area contributed by atoms with Gasteiger partial charge in [0.05, 0.1) is 12.0 Å². The third kappa shape index (κ3) is 4.03. The lowest BCUT2D eigenvalue weighted by Crippen LogP contribution is -2.59. The summed E-state index contributed by atoms with van der Waals surface area (Å²) in [5.74, 6) is 0.501. The predicted octanol–water partition coefficient (Wildman–Crippen LogP) is 1.82. The van der Waals surface area contributed by atoms with Gasteiger partial charge in [-0.3, -0.25) is 9.69 Å². The second-order valence-corrected chi connectivity index (χ2v) is 7.94. The lowest BCUT2D eigenvalue weighted by atomic mass is 10.1. The molecule has 25 heavy (non-hydrogen) atoms. The fourth-order valence-electron chi connectivity index (χ4n) is 3.19. The number of nitrogens with two attached hydrogens (primary N) is 1. The molecule has 2 amide bonds. The third-order valence-corrected chi connectivity index (χ3v) is 4.65. The van der Waals surface area contributed by atoms with E-state index in [1.165, 1.54) is 0 Å². The maximum Gasteiger partial charge on any atom is 0.410 e. The molecule has 7 nitrogen and oxygen atoms in total. The van der Waals surface area contributed by atoms with Gasteiger partial charge in [-0.25, -0.2) is 9.78 Å². The maximum atomic E-state index is 12.6. The number of hydrogen-bond donors (Lipinski definition) is 1. The number of amides is 2. The molecule has 1 aromatic rings. The predicted molar refractivity (Wildman–Crippen MR) is 93.8 cm³/mol. The molecular formula is C18H26N4O3. The van der Waals surface area contributed by atoms with Crippen molar-refractivity contribution in [1.29, 1.82) is 0 Å². The third-order valence-electron chi connectivity index (χ3n) is 4.65. The molecule has 0 bridgehead atoms. The van der Waals surface area contributed by atoms with Crippen molar-refractivity contribution in [3.63, 3.8) is 0 Å². The smallest absolute Gasteiger partial charge is 0.410 e. The Kier molecular flexibility index (Phi) is 4.34. The molecule has 2 fully saturated rings. The monoisotopic (exact) mass is 346 g/mol. The summed E-state index contributed by atoms with van der Waals surface area (Å²) < 4.78 is 5.52. The number of nitrogen functional groups attached to an aromatic ring is 1. The molecule has 3 rings (SSSR count). The van der Waals surface area contributed by atoms with E-state index in [0.29, 0.717) is 31.9 Å². The summed E-state index contributed by atoms with van der Waals surface area (Å²) in [6, 6.07) is 3.52. The van der Waals surface area contributed by atoms with Gasteiger partial charge in [0, 0.05) is 25.8 Å². The average molecular weight is 346 g/mol. The van der Waals surface area contributed by atoms with Crippen LogP contribution in [0.15, 0.2) is 18.3 Å². The van der Waals surface area contributed by atoms with Crippen LogP contribution in [-0.4, -0.2) is 57.6 Å². The minimum absolute atomic E-state index is 0.0571. The van der Waals surface area contributed by atoms with Gasteiger partial charge in [-0.05, 0) is 45.2 Å². The van der Waals surface area contributed by atoms with E-state index in [2.05, 4.69) is 4.98 Å². The molecule has 2 N–H and O–H groups in total. The van der Waals surface area contributed by atoms with Crippen LogP contribution >= 0.6 is 0 Å². The maximum absolute atomic E-state index is 12.6. The molecule has 2 aliphatic rings. The number of piperazine rings is 1. The minimum atomic E-state index is -0.512. The molecule has 7 heteroatoms. The van der Waals surface area contributed by atoms with Gasteiger partial charge in [-0.15, -0.1) is 0 Å². The molecule has 1 saturated carbocycles. The molecule has 1 spiro atoms. The van der Waals surface area contributed by atoms with E-state index in [4.69, 9.17) is 10.5 Å². The van der Waals surface area contributed by atoms with Crippen LogP contribution in [0.2, 0.25) is 0 Å². The van der Waals surface area contributed by atoms with Gasteiger partial charge in [-0.2, -0.15) is 0 Å². The largest absolute Gasteiger partial charge is 0.444 e. The first kappa shape index (κ1) is 17.5. The Morgan fingerprint density at radius 3 is 2.56 bits per heavy atom. The Balaban J connectivity index is 1.61. The van der Waals surface area contributed by atoms with Gasteiger partial charge in [0.2, 0.25) is 5.91 Å². The van der Waals surface area contributed by atoms with Gasteiger partial charge in [0.1, 0.15) is 11.4 Å². The summed E-state index contributed by atoms with van der Waals surface area (Å²) in [5, 5.41) is 0. The van der Waals surface area contributed by atoms with Crippen molar-refractivity contribution < 1.29 is 14.3 Å². The molecule has 0 aromatic carbocycles. The van der Waals surface area contributed by atoms with Crippen LogP contribution in [0.5, 0.6) is 0 Å². The zero-order chi connectivity index (χ0) is 18.2. The minimum Gasteiger partial charge on any atom is -0.444 e. The fraction of sp³-hybridized carbons (Fsp3) is 0.611. The highest BCUT2D eigenvalue weighted by Gasteiger charge is 2.54. The van der Waals surface area contributed by atoms with Crippen molar-refractivity contribution in [2.24, 2.45) is 0 Å². The second-order valence-electron chi connectivity index (χ2n) is 7.94. The van der Waals surface area contributed by atoms with Crippen LogP contribution in [0.25, 0.3) is 0 Å². The Hall–Kier alpha value is -2.31. The van der Waals surface area contributed by atoms with E-state index in [9.17, 15) is 9.59 Å². The summed E-state index contributed by atoms with van der Waals surface area (Å²) in [6.45, 7) is 7.22. The van der Waals surface area contributed by atoms with Crippen LogP contribution < -0.4 is 5.73 Å². The number of hydrogen-bond acceptors (Lipinski definition) is 5. The van der Waals surface area contributed by atoms with Gasteiger partial charge < -0.3 is 15.4 Å². The van der Waals surface area contributed by atoms with Crippen molar-refractivity contribution in [1.82, 2.24) is 14.8 Å². The number of aromatic nitrogens is 1. The van der Waals surface area contributed by atoms with Gasteiger partial charge in [0.25, 0.3) is 0 Å². The zero-order valence-electron chi connectivity index (χ0n) is 15.1. The Bertz CT molecular complexity index is 662. The van der Waals surface area contributed by atoms with E-state index in [0.717, 1.165) is 18.4 Å². The van der Waals surface area contributed by atoms with E-state index in [1.807, 2.05) is 36.6 Å². The van der Waals surface area contributed by atoms with E-state index in [-0.39, 0.29) is 17.5 Å². The summed E-state index contributed by atoms with van der Waals surface area (Å²) in [6.07, 6.45) is 3.49. The normalized spacial score (nSPS) is 19.0. The number of pyridine rings is 1. The van der Waals surface area contributed by atoms with E-state index in [1.54, 1.807) is 12.3 Å². The molecule has 136 valence electrons. The van der Waals surface area contributed by atoms with E-state index >= 15 is 0 Å². The highest BCUT2D eigenvalue weighted by atomic mass is 16.6. The molecule has 1 saturated heterocycles. The molecule has 2 heterocycles. The highest BCUT2D eigenvalue weighted by molar-refractivity contribution is 5.79. The second kappa shape index (κ2) is 6.20. The summed E-state index contributed by atoms with van der Waals surface area (Å²) in [4.78, 5) is 32.7. The van der Waals surface area contributed by atoms with Crippen LogP contribution in [0.3, 0.4) is 0 Å². The van der Waals surface area contributed by atoms with Crippen molar-refractivity contribution in [2.75, 3.05) is 25.4 Å². The molecule has 1 aliphatic heterocycles. The molecule has 0 unspecified atom stereocenters. The molecule has 0 atom stereocenters. The molecule has 1 aliphatic carbocycles. The van der Waals surface area contributed by atoms with Crippen molar-refractivity contribution in [3.8, 4) is 0 Å². The molecule has 0 radical (unpaired) electrons. The zero-order valence-corrected chi connectivity index (χ0v) is 15.1. The Morgan fingerprint density at radius 1 is 1.28 bits per heavy atom. The SMILES string of the molecule is CC(C)(C)OC(=O)N1CCN(C(=O)Cc2ccc(N)nc2)CC12CC2. The number of carbonyl (C=O) groups excluding carboxylic acids is 2. The van der Waals surface area contributed by atoms with Crippen molar-refractivity contribution in [2.45, 2.75) is 51.2 Å². The van der Waals surface area contributed by atoms with Crippen LogP contribution in [0, 0.1) is 0 Å². The summed E-state index contributed by atoms with van der Waals surface area (Å²) >= 11 is 0. The lowest BCUT2D eigenvalue weighted by molar-refractivity contribution is -0.134. The van der Waals surface area contributed by atoms with E-state index < -0.39 is 5.60 Å². The van der Waals surface area contributed by atoms with Crippen LogP contribution in [0.1, 0.15) is 39.2 Å². The van der Waals surface area contributed by atoms with Crippen molar-refractivity contribution >= 4 is 17.8 Å². The summed E-state index contributed by atoms with van der Waals surface area (Å²) in [7, 11) is 0. The first-order valence-electron chi connectivity index (χ1n) is 8.67. The quantitative estimate of drug-likeness (QED) is 0.882. The fourth-order valence-corrected chi connectivity index (χ4v) is 3.19. The molecule has 1 aromatic heterocycles. The van der Waals surface area contributed by atoms with Gasteiger partial charge in [0.15, 0.2) is 0 Å². The van der Waals surface area contributed by atoms with Crippen LogP contribution in [0.4, 0.5) is 10.6 Å². The van der Waals surface area contributed by atoms with Crippen LogP contribution in [-0.2, 0) is 16.0 Å². The molecular weight excluding hydrogens is 320 g/mol. The number of carbonyl (C=O) groups is 2. The average Bonchev–Trinajstić information content (AvgIpc) is 3.27. The number of ether oxygens (including phenoxy) is 1. The lowest BCUT2D eigenvalue weighted by Gasteiger charge is -2.42.